The molecule has 1 aliphatic heterocycles. The average molecular weight is 450 g/mol. The fraction of sp³-hybridized carbons (Fsp3) is 0.333. The molecule has 1 heterocycles. The van der Waals surface area contributed by atoms with Crippen LogP contribution in [-0.2, 0) is 38.5 Å². The van der Waals surface area contributed by atoms with Crippen molar-refractivity contribution in [3.8, 4) is 0 Å². The predicted molar refractivity (Wildman–Crippen MR) is 115 cm³/mol. The molecule has 1 fully saturated rings. The van der Waals surface area contributed by atoms with Gasteiger partial charge in [0.15, 0.2) is 0 Å². The number of sulfonamides is 1. The second-order valence-corrected chi connectivity index (χ2v) is 9.60. The van der Waals surface area contributed by atoms with Crippen molar-refractivity contribution >= 4 is 33.4 Å². The van der Waals surface area contributed by atoms with Gasteiger partial charge in [-0.3, -0.25) is 9.59 Å². The van der Waals surface area contributed by atoms with E-state index >= 15 is 0 Å². The van der Waals surface area contributed by atoms with E-state index in [0.29, 0.717) is 30.2 Å². The number of hydrogen-bond donors (Lipinski definition) is 2. The van der Waals surface area contributed by atoms with Crippen LogP contribution in [0.2, 0.25) is 5.02 Å². The Hall–Kier alpha value is -2.42. The zero-order valence-electron chi connectivity index (χ0n) is 16.6. The second-order valence-electron chi connectivity index (χ2n) is 7.26. The van der Waals surface area contributed by atoms with E-state index in [1.165, 1.54) is 7.05 Å². The Morgan fingerprint density at radius 1 is 1.13 bits per heavy atom. The van der Waals surface area contributed by atoms with Gasteiger partial charge in [-0.2, -0.15) is 0 Å². The standard InChI is InChI=1S/C21H24ClN3O4S/c1-23-30(28,29)14-16-8-6-15(7-9-16)11-24-21(27)18-10-20(26)25(13-18)12-17-4-2-3-5-19(17)22/h2-9,18,23H,10-14H2,1H3,(H,24,27). The Kier molecular flexibility index (Phi) is 7.12. The second kappa shape index (κ2) is 9.59. The van der Waals surface area contributed by atoms with Crippen LogP contribution in [0.3, 0.4) is 0 Å². The first-order valence-electron chi connectivity index (χ1n) is 9.55. The van der Waals surface area contributed by atoms with Crippen LogP contribution in [-0.4, -0.2) is 38.7 Å². The highest BCUT2D eigenvalue weighted by molar-refractivity contribution is 7.88. The first kappa shape index (κ1) is 22.3. The van der Waals surface area contributed by atoms with E-state index in [2.05, 4.69) is 10.0 Å². The van der Waals surface area contributed by atoms with Crippen LogP contribution in [0.1, 0.15) is 23.1 Å². The smallest absolute Gasteiger partial charge is 0.225 e. The normalized spacial score (nSPS) is 16.7. The summed E-state index contributed by atoms with van der Waals surface area (Å²) in [6.45, 7) is 1.06. The number of nitrogens with one attached hydrogen (secondary N) is 2. The maximum atomic E-state index is 12.5. The number of carbonyl (C=O) groups is 2. The van der Waals surface area contributed by atoms with Crippen LogP contribution >= 0.6 is 11.6 Å². The van der Waals surface area contributed by atoms with E-state index in [4.69, 9.17) is 11.6 Å². The lowest BCUT2D eigenvalue weighted by Gasteiger charge is -2.17. The van der Waals surface area contributed by atoms with Crippen molar-refractivity contribution in [1.82, 2.24) is 14.9 Å². The van der Waals surface area contributed by atoms with Gasteiger partial charge >= 0.3 is 0 Å². The van der Waals surface area contributed by atoms with Gasteiger partial charge in [0.1, 0.15) is 0 Å². The number of hydrogen-bond acceptors (Lipinski definition) is 4. The lowest BCUT2D eigenvalue weighted by Crippen LogP contribution is -2.32. The molecular formula is C21H24ClN3O4S. The van der Waals surface area contributed by atoms with Crippen LogP contribution in [0.4, 0.5) is 0 Å². The SMILES string of the molecule is CNS(=O)(=O)Cc1ccc(CNC(=O)C2CC(=O)N(Cc3ccccc3Cl)C2)cc1. The molecule has 1 atom stereocenters. The van der Waals surface area contributed by atoms with Crippen molar-refractivity contribution in [1.29, 1.82) is 0 Å². The molecule has 0 saturated carbocycles. The molecule has 30 heavy (non-hydrogen) atoms. The van der Waals surface area contributed by atoms with E-state index in [-0.39, 0.29) is 24.0 Å². The van der Waals surface area contributed by atoms with Crippen molar-refractivity contribution < 1.29 is 18.0 Å². The predicted octanol–water partition coefficient (Wildman–Crippen LogP) is 2.05. The Bertz CT molecular complexity index is 1020. The number of likely N-dealkylation sites (tertiary alicyclic amines) is 1. The molecule has 160 valence electrons. The molecule has 1 saturated heterocycles. The summed E-state index contributed by atoms with van der Waals surface area (Å²) in [6.07, 6.45) is 0.178. The number of nitrogens with zero attached hydrogens (tertiary/aromatic N) is 1. The lowest BCUT2D eigenvalue weighted by molar-refractivity contribution is -0.129. The summed E-state index contributed by atoms with van der Waals surface area (Å²) >= 11 is 6.17. The summed E-state index contributed by atoms with van der Waals surface area (Å²) in [5.74, 6) is -0.737. The van der Waals surface area contributed by atoms with Crippen LogP contribution in [0.15, 0.2) is 48.5 Å². The molecular weight excluding hydrogens is 426 g/mol. The first-order valence-corrected chi connectivity index (χ1v) is 11.6. The molecule has 1 aliphatic rings. The van der Waals surface area contributed by atoms with Gasteiger partial charge in [-0.1, -0.05) is 54.1 Å². The molecule has 2 amide bonds. The molecule has 3 rings (SSSR count). The monoisotopic (exact) mass is 449 g/mol. The number of rotatable bonds is 8. The third kappa shape index (κ3) is 5.81. The van der Waals surface area contributed by atoms with E-state index in [0.717, 1.165) is 11.1 Å². The van der Waals surface area contributed by atoms with Crippen LogP contribution in [0.5, 0.6) is 0 Å². The van der Waals surface area contributed by atoms with Crippen LogP contribution in [0.25, 0.3) is 0 Å². The molecule has 0 spiro atoms. The summed E-state index contributed by atoms with van der Waals surface area (Å²) in [6, 6.07) is 14.4. The van der Waals surface area contributed by atoms with Gasteiger partial charge in [0, 0.05) is 31.1 Å². The molecule has 2 aromatic rings. The van der Waals surface area contributed by atoms with Gasteiger partial charge in [0.2, 0.25) is 21.8 Å². The van der Waals surface area contributed by atoms with Crippen molar-refractivity contribution in [3.63, 3.8) is 0 Å². The molecule has 9 heteroatoms. The third-order valence-electron chi connectivity index (χ3n) is 5.06. The largest absolute Gasteiger partial charge is 0.352 e. The number of amides is 2. The minimum atomic E-state index is -3.32. The molecule has 0 aromatic heterocycles. The van der Waals surface area contributed by atoms with Gasteiger partial charge in [-0.15, -0.1) is 0 Å². The van der Waals surface area contributed by atoms with Crippen molar-refractivity contribution in [3.05, 3.63) is 70.2 Å². The highest BCUT2D eigenvalue weighted by Gasteiger charge is 2.34. The zero-order valence-corrected chi connectivity index (χ0v) is 18.2. The molecule has 0 radical (unpaired) electrons. The zero-order chi connectivity index (χ0) is 21.7. The van der Waals surface area contributed by atoms with Gasteiger partial charge in [0.25, 0.3) is 0 Å². The summed E-state index contributed by atoms with van der Waals surface area (Å²) in [4.78, 5) is 26.5. The van der Waals surface area contributed by atoms with Gasteiger partial charge in [0.05, 0.1) is 11.7 Å². The van der Waals surface area contributed by atoms with Crippen LogP contribution in [0, 0.1) is 5.92 Å². The van der Waals surface area contributed by atoms with Gasteiger partial charge < -0.3 is 10.2 Å². The maximum absolute atomic E-state index is 12.5. The first-order chi connectivity index (χ1) is 14.3. The molecule has 2 N–H and O–H groups in total. The maximum Gasteiger partial charge on any atom is 0.225 e. The quantitative estimate of drug-likeness (QED) is 0.644. The third-order valence-corrected chi connectivity index (χ3v) is 6.77. The number of benzene rings is 2. The van der Waals surface area contributed by atoms with E-state index in [1.54, 1.807) is 35.2 Å². The fourth-order valence-corrected chi connectivity index (χ4v) is 4.28. The van der Waals surface area contributed by atoms with E-state index in [1.807, 2.05) is 18.2 Å². The summed E-state index contributed by atoms with van der Waals surface area (Å²) < 4.78 is 25.5. The minimum absolute atomic E-state index is 0.0647. The number of halogens is 1. The summed E-state index contributed by atoms with van der Waals surface area (Å²) in [5.41, 5.74) is 2.37. The molecule has 1 unspecified atom stereocenters. The van der Waals surface area contributed by atoms with Gasteiger partial charge in [-0.05, 0) is 29.8 Å². The highest BCUT2D eigenvalue weighted by atomic mass is 35.5. The lowest BCUT2D eigenvalue weighted by atomic mass is 10.1. The summed E-state index contributed by atoms with van der Waals surface area (Å²) in [5, 5.41) is 3.46. The Morgan fingerprint density at radius 3 is 2.47 bits per heavy atom. The fourth-order valence-electron chi connectivity index (χ4n) is 3.31. The summed E-state index contributed by atoms with van der Waals surface area (Å²) in [7, 11) is -1.95. The van der Waals surface area contributed by atoms with E-state index in [9.17, 15) is 18.0 Å². The average Bonchev–Trinajstić information content (AvgIpc) is 3.09. The topological polar surface area (TPSA) is 95.6 Å². The molecule has 0 bridgehead atoms. The Balaban J connectivity index is 1.52. The van der Waals surface area contributed by atoms with Crippen molar-refractivity contribution in [2.24, 2.45) is 5.92 Å². The van der Waals surface area contributed by atoms with Gasteiger partial charge in [-0.25, -0.2) is 13.1 Å². The number of carbonyl (C=O) groups excluding carboxylic acids is 2. The molecule has 7 nitrogen and oxygen atoms in total. The Morgan fingerprint density at radius 2 is 1.80 bits per heavy atom. The van der Waals surface area contributed by atoms with Crippen molar-refractivity contribution in [2.45, 2.75) is 25.3 Å². The molecule has 2 aromatic carbocycles. The molecule has 0 aliphatic carbocycles. The van der Waals surface area contributed by atoms with Crippen molar-refractivity contribution in [2.75, 3.05) is 13.6 Å². The van der Waals surface area contributed by atoms with E-state index < -0.39 is 15.9 Å². The van der Waals surface area contributed by atoms with Crippen LogP contribution < -0.4 is 10.0 Å². The Labute approximate surface area is 181 Å². The minimum Gasteiger partial charge on any atom is -0.352 e. The highest BCUT2D eigenvalue weighted by Crippen LogP contribution is 2.23.